The van der Waals surface area contributed by atoms with Crippen molar-refractivity contribution in [1.29, 1.82) is 0 Å². The molecule has 0 aromatic carbocycles. The quantitative estimate of drug-likeness (QED) is 0.734. The largest absolute Gasteiger partial charge is 0.360 e. The maximum atomic E-state index is 4.08. The molecule has 0 spiro atoms. The zero-order chi connectivity index (χ0) is 11.1. The molecule has 1 aliphatic rings. The van der Waals surface area contributed by atoms with E-state index < -0.39 is 0 Å². The van der Waals surface area contributed by atoms with Gasteiger partial charge in [-0.25, -0.2) is 0 Å². The van der Waals surface area contributed by atoms with Crippen molar-refractivity contribution in [2.24, 2.45) is 0 Å². The standard InChI is InChI=1S/C8H13N3S.C3H8/c1-10-2-4-11(5-3-10)8-6-9-7-12-8;1-3-2/h6-7H,2-5H2,1H3;3H2,1-2H3. The van der Waals surface area contributed by atoms with E-state index in [9.17, 15) is 0 Å². The maximum absolute atomic E-state index is 4.08. The first-order valence-electron chi connectivity index (χ1n) is 5.59. The van der Waals surface area contributed by atoms with E-state index in [0.29, 0.717) is 0 Å². The van der Waals surface area contributed by atoms with E-state index in [2.05, 4.69) is 35.7 Å². The van der Waals surface area contributed by atoms with Crippen molar-refractivity contribution in [3.05, 3.63) is 11.7 Å². The molecule has 0 N–H and O–H groups in total. The molecule has 0 bridgehead atoms. The van der Waals surface area contributed by atoms with Gasteiger partial charge in [0.15, 0.2) is 0 Å². The Balaban J connectivity index is 0.000000337. The summed E-state index contributed by atoms with van der Waals surface area (Å²) >= 11 is 1.73. The van der Waals surface area contributed by atoms with Gasteiger partial charge >= 0.3 is 0 Å². The summed E-state index contributed by atoms with van der Waals surface area (Å²) in [6.07, 6.45) is 3.20. The zero-order valence-electron chi connectivity index (χ0n) is 9.94. The van der Waals surface area contributed by atoms with Crippen LogP contribution in [0.25, 0.3) is 0 Å². The van der Waals surface area contributed by atoms with E-state index in [4.69, 9.17) is 0 Å². The Kier molecular flexibility index (Phi) is 5.65. The van der Waals surface area contributed by atoms with Gasteiger partial charge in [-0.05, 0) is 7.05 Å². The minimum Gasteiger partial charge on any atom is -0.360 e. The van der Waals surface area contributed by atoms with Gasteiger partial charge in [0, 0.05) is 26.2 Å². The second-order valence-electron chi connectivity index (χ2n) is 3.84. The average Bonchev–Trinajstić information content (AvgIpc) is 2.73. The minimum absolute atomic E-state index is 1.14. The minimum atomic E-state index is 1.14. The Hall–Kier alpha value is -0.610. The molecule has 0 amide bonds. The Bertz CT molecular complexity index is 240. The molecule has 1 saturated heterocycles. The fraction of sp³-hybridized carbons (Fsp3) is 0.727. The summed E-state index contributed by atoms with van der Waals surface area (Å²) in [5.74, 6) is 0. The molecule has 0 saturated carbocycles. The Labute approximate surface area is 96.7 Å². The normalized spacial score (nSPS) is 17.1. The SMILES string of the molecule is CCC.CN1CCN(c2cncs2)CC1. The highest BCUT2D eigenvalue weighted by Gasteiger charge is 2.14. The lowest BCUT2D eigenvalue weighted by atomic mass is 10.3. The van der Waals surface area contributed by atoms with Crippen molar-refractivity contribution in [3.63, 3.8) is 0 Å². The molecule has 1 aromatic rings. The molecule has 0 aliphatic carbocycles. The van der Waals surface area contributed by atoms with Gasteiger partial charge in [0.25, 0.3) is 0 Å². The van der Waals surface area contributed by atoms with Gasteiger partial charge in [-0.15, -0.1) is 11.3 Å². The summed E-state index contributed by atoms with van der Waals surface area (Å²) in [6.45, 7) is 8.85. The fourth-order valence-corrected chi connectivity index (χ4v) is 2.08. The van der Waals surface area contributed by atoms with Gasteiger partial charge < -0.3 is 9.80 Å². The Morgan fingerprint density at radius 1 is 1.27 bits per heavy atom. The van der Waals surface area contributed by atoms with Crippen molar-refractivity contribution in [3.8, 4) is 0 Å². The first kappa shape index (κ1) is 12.5. The van der Waals surface area contributed by atoms with Gasteiger partial charge in [-0.3, -0.25) is 4.98 Å². The van der Waals surface area contributed by atoms with Crippen LogP contribution in [0.4, 0.5) is 5.00 Å². The molecule has 0 radical (unpaired) electrons. The summed E-state index contributed by atoms with van der Waals surface area (Å²) in [7, 11) is 2.17. The number of anilines is 1. The number of nitrogens with zero attached hydrogens (tertiary/aromatic N) is 3. The van der Waals surface area contributed by atoms with Gasteiger partial charge in [-0.1, -0.05) is 20.3 Å². The predicted octanol–water partition coefficient (Wildman–Crippen LogP) is 2.31. The van der Waals surface area contributed by atoms with Crippen LogP contribution in [0.1, 0.15) is 20.3 Å². The third-order valence-electron chi connectivity index (χ3n) is 2.23. The van der Waals surface area contributed by atoms with Crippen LogP contribution in [-0.2, 0) is 0 Å². The maximum Gasteiger partial charge on any atom is 0.111 e. The fourth-order valence-electron chi connectivity index (χ4n) is 1.39. The van der Waals surface area contributed by atoms with E-state index in [-0.39, 0.29) is 0 Å². The molecule has 86 valence electrons. The second-order valence-corrected chi connectivity index (χ2v) is 4.70. The van der Waals surface area contributed by atoms with Crippen LogP contribution in [0.2, 0.25) is 0 Å². The van der Waals surface area contributed by atoms with Gasteiger partial charge in [-0.2, -0.15) is 0 Å². The van der Waals surface area contributed by atoms with E-state index in [1.54, 1.807) is 11.3 Å². The zero-order valence-corrected chi connectivity index (χ0v) is 10.8. The predicted molar refractivity (Wildman–Crippen MR) is 67.8 cm³/mol. The van der Waals surface area contributed by atoms with Crippen LogP contribution in [-0.4, -0.2) is 43.1 Å². The summed E-state index contributed by atoms with van der Waals surface area (Å²) in [6, 6.07) is 0. The highest BCUT2D eigenvalue weighted by molar-refractivity contribution is 7.13. The summed E-state index contributed by atoms with van der Waals surface area (Å²) in [4.78, 5) is 8.84. The molecule has 0 unspecified atom stereocenters. The Morgan fingerprint density at radius 3 is 2.33 bits per heavy atom. The van der Waals surface area contributed by atoms with Crippen LogP contribution < -0.4 is 4.90 Å². The second kappa shape index (κ2) is 6.80. The first-order chi connectivity index (χ1) is 7.27. The average molecular weight is 227 g/mol. The lowest BCUT2D eigenvalue weighted by molar-refractivity contribution is 0.313. The van der Waals surface area contributed by atoms with E-state index in [1.807, 2.05) is 11.7 Å². The third kappa shape index (κ3) is 4.18. The molecule has 0 atom stereocenters. The smallest absolute Gasteiger partial charge is 0.111 e. The number of thiazole rings is 1. The molecule has 4 heteroatoms. The van der Waals surface area contributed by atoms with Crippen LogP contribution in [0.15, 0.2) is 11.7 Å². The highest BCUT2D eigenvalue weighted by atomic mass is 32.1. The number of aromatic nitrogens is 1. The molecule has 15 heavy (non-hydrogen) atoms. The Morgan fingerprint density at radius 2 is 1.87 bits per heavy atom. The molecule has 2 heterocycles. The number of rotatable bonds is 1. The number of piperazine rings is 1. The van der Waals surface area contributed by atoms with Crippen molar-refractivity contribution < 1.29 is 0 Å². The summed E-state index contributed by atoms with van der Waals surface area (Å²) in [5, 5.41) is 1.31. The summed E-state index contributed by atoms with van der Waals surface area (Å²) in [5.41, 5.74) is 1.90. The van der Waals surface area contributed by atoms with E-state index >= 15 is 0 Å². The molecule has 1 fully saturated rings. The van der Waals surface area contributed by atoms with Crippen LogP contribution >= 0.6 is 11.3 Å². The topological polar surface area (TPSA) is 19.4 Å². The molecule has 3 nitrogen and oxygen atoms in total. The van der Waals surface area contributed by atoms with Gasteiger partial charge in [0.05, 0.1) is 11.7 Å². The van der Waals surface area contributed by atoms with Gasteiger partial charge in [0.2, 0.25) is 0 Å². The molecule has 1 aliphatic heterocycles. The number of likely N-dealkylation sites (N-methyl/N-ethyl adjacent to an activating group) is 1. The number of hydrogen-bond donors (Lipinski definition) is 0. The third-order valence-corrected chi connectivity index (χ3v) is 3.07. The van der Waals surface area contributed by atoms with Crippen molar-refractivity contribution in [2.75, 3.05) is 38.1 Å². The molecular formula is C11H21N3S. The van der Waals surface area contributed by atoms with Crippen molar-refractivity contribution >= 4 is 16.3 Å². The van der Waals surface area contributed by atoms with Crippen LogP contribution in [0.3, 0.4) is 0 Å². The highest BCUT2D eigenvalue weighted by Crippen LogP contribution is 2.19. The number of hydrogen-bond acceptors (Lipinski definition) is 4. The lowest BCUT2D eigenvalue weighted by Crippen LogP contribution is -2.44. The van der Waals surface area contributed by atoms with E-state index in [0.717, 1.165) is 26.2 Å². The van der Waals surface area contributed by atoms with Crippen molar-refractivity contribution in [1.82, 2.24) is 9.88 Å². The first-order valence-corrected chi connectivity index (χ1v) is 6.47. The molecule has 2 rings (SSSR count). The van der Waals surface area contributed by atoms with Crippen molar-refractivity contribution in [2.45, 2.75) is 20.3 Å². The van der Waals surface area contributed by atoms with E-state index in [1.165, 1.54) is 11.4 Å². The monoisotopic (exact) mass is 227 g/mol. The van der Waals surface area contributed by atoms with Crippen LogP contribution in [0, 0.1) is 0 Å². The van der Waals surface area contributed by atoms with Crippen LogP contribution in [0.5, 0.6) is 0 Å². The van der Waals surface area contributed by atoms with Gasteiger partial charge in [0.1, 0.15) is 5.00 Å². The molecular weight excluding hydrogens is 206 g/mol. The summed E-state index contributed by atoms with van der Waals surface area (Å²) < 4.78 is 0. The molecule has 1 aromatic heterocycles. The lowest BCUT2D eigenvalue weighted by Gasteiger charge is -2.32.